The van der Waals surface area contributed by atoms with Crippen LogP contribution >= 0.6 is 0 Å². The first-order chi connectivity index (χ1) is 6.77. The summed E-state index contributed by atoms with van der Waals surface area (Å²) in [7, 11) is 0. The van der Waals surface area contributed by atoms with Gasteiger partial charge in [0.05, 0.1) is 6.61 Å². The van der Waals surface area contributed by atoms with Crippen molar-refractivity contribution in [1.29, 1.82) is 0 Å². The summed E-state index contributed by atoms with van der Waals surface area (Å²) < 4.78 is 5.33. The van der Waals surface area contributed by atoms with Crippen molar-refractivity contribution in [1.82, 2.24) is 0 Å². The van der Waals surface area contributed by atoms with Crippen LogP contribution in [0.5, 0.6) is 0 Å². The third kappa shape index (κ3) is 4.43. The molecule has 0 bridgehead atoms. The van der Waals surface area contributed by atoms with Gasteiger partial charge in [0.2, 0.25) is 0 Å². The maximum Gasteiger partial charge on any atom is 0.0647 e. The minimum Gasteiger partial charge on any atom is -0.379 e. The molecule has 0 aliphatic carbocycles. The molecule has 0 aromatic rings. The smallest absolute Gasteiger partial charge is 0.0647 e. The Morgan fingerprint density at radius 1 is 1.14 bits per heavy atom. The molecular formula is C12H25NO. The van der Waals surface area contributed by atoms with E-state index in [0.717, 1.165) is 26.1 Å². The second kappa shape index (κ2) is 6.41. The standard InChI is InChI=1S/C12H25NO/c1-2-3-4-5-6-7-8-12(13)9-10-14-11-12/h2-11,13H2,1H3. The lowest BCUT2D eigenvalue weighted by Gasteiger charge is -2.21. The fraction of sp³-hybridized carbons (Fsp3) is 1.00. The highest BCUT2D eigenvalue weighted by Gasteiger charge is 2.29. The Bertz CT molecular complexity index is 141. The van der Waals surface area contributed by atoms with Gasteiger partial charge in [-0.15, -0.1) is 0 Å². The second-order valence-corrected chi connectivity index (χ2v) is 4.68. The summed E-state index contributed by atoms with van der Waals surface area (Å²) in [6.07, 6.45) is 10.3. The van der Waals surface area contributed by atoms with Gasteiger partial charge in [0.15, 0.2) is 0 Å². The van der Waals surface area contributed by atoms with Crippen LogP contribution in [0.15, 0.2) is 0 Å². The molecule has 2 N–H and O–H groups in total. The average Bonchev–Trinajstić information content (AvgIpc) is 2.59. The van der Waals surface area contributed by atoms with E-state index in [1.54, 1.807) is 0 Å². The van der Waals surface area contributed by atoms with Crippen LogP contribution in [-0.2, 0) is 4.74 Å². The zero-order valence-corrected chi connectivity index (χ0v) is 9.56. The number of nitrogens with two attached hydrogens (primary N) is 1. The molecule has 1 unspecified atom stereocenters. The molecule has 1 aliphatic rings. The molecule has 84 valence electrons. The van der Waals surface area contributed by atoms with E-state index in [1.807, 2.05) is 0 Å². The maximum absolute atomic E-state index is 6.17. The van der Waals surface area contributed by atoms with Crippen molar-refractivity contribution in [2.75, 3.05) is 13.2 Å². The first kappa shape index (κ1) is 12.0. The monoisotopic (exact) mass is 199 g/mol. The number of hydrogen-bond donors (Lipinski definition) is 1. The molecule has 1 rings (SSSR count). The average molecular weight is 199 g/mol. The lowest BCUT2D eigenvalue weighted by Crippen LogP contribution is -2.40. The maximum atomic E-state index is 6.17. The first-order valence-corrected chi connectivity index (χ1v) is 6.13. The third-order valence-corrected chi connectivity index (χ3v) is 3.16. The highest BCUT2D eigenvalue weighted by Crippen LogP contribution is 2.22. The Morgan fingerprint density at radius 3 is 2.50 bits per heavy atom. The van der Waals surface area contributed by atoms with Gasteiger partial charge in [0, 0.05) is 12.1 Å². The highest BCUT2D eigenvalue weighted by atomic mass is 16.5. The van der Waals surface area contributed by atoms with Crippen molar-refractivity contribution in [3.05, 3.63) is 0 Å². The Labute approximate surface area is 88.2 Å². The van der Waals surface area contributed by atoms with E-state index in [0.29, 0.717) is 0 Å². The van der Waals surface area contributed by atoms with Gasteiger partial charge in [-0.1, -0.05) is 45.4 Å². The highest BCUT2D eigenvalue weighted by molar-refractivity contribution is 4.87. The topological polar surface area (TPSA) is 35.2 Å². The summed E-state index contributed by atoms with van der Waals surface area (Å²) in [5.74, 6) is 0. The molecule has 0 amide bonds. The molecule has 1 heterocycles. The Hall–Kier alpha value is -0.0800. The Kier molecular flexibility index (Phi) is 5.49. The molecule has 0 aromatic heterocycles. The van der Waals surface area contributed by atoms with Crippen LogP contribution in [-0.4, -0.2) is 18.8 Å². The zero-order chi connectivity index (χ0) is 10.3. The van der Waals surface area contributed by atoms with E-state index < -0.39 is 0 Å². The van der Waals surface area contributed by atoms with Crippen LogP contribution in [0.25, 0.3) is 0 Å². The van der Waals surface area contributed by atoms with Crippen molar-refractivity contribution < 1.29 is 4.74 Å². The van der Waals surface area contributed by atoms with Gasteiger partial charge in [-0.2, -0.15) is 0 Å². The predicted molar refractivity (Wildman–Crippen MR) is 60.3 cm³/mol. The molecule has 1 fully saturated rings. The van der Waals surface area contributed by atoms with Gasteiger partial charge >= 0.3 is 0 Å². The normalized spacial score (nSPS) is 27.0. The van der Waals surface area contributed by atoms with Gasteiger partial charge in [-0.25, -0.2) is 0 Å². The molecule has 1 atom stereocenters. The van der Waals surface area contributed by atoms with Crippen LogP contribution in [0.4, 0.5) is 0 Å². The van der Waals surface area contributed by atoms with Gasteiger partial charge in [-0.05, 0) is 12.8 Å². The lowest BCUT2D eigenvalue weighted by atomic mass is 9.92. The minimum atomic E-state index is 0.0186. The van der Waals surface area contributed by atoms with Gasteiger partial charge < -0.3 is 10.5 Å². The van der Waals surface area contributed by atoms with Gasteiger partial charge in [0.25, 0.3) is 0 Å². The van der Waals surface area contributed by atoms with E-state index >= 15 is 0 Å². The fourth-order valence-electron chi connectivity index (χ4n) is 2.08. The van der Waals surface area contributed by atoms with Crippen LogP contribution in [0, 0.1) is 0 Å². The zero-order valence-electron chi connectivity index (χ0n) is 9.56. The molecule has 0 aromatic carbocycles. The van der Waals surface area contributed by atoms with E-state index in [1.165, 1.54) is 38.5 Å². The number of unbranched alkanes of at least 4 members (excludes halogenated alkanes) is 5. The molecule has 2 heteroatoms. The quantitative estimate of drug-likeness (QED) is 0.640. The summed E-state index contributed by atoms with van der Waals surface area (Å²) in [5, 5.41) is 0. The summed E-state index contributed by atoms with van der Waals surface area (Å²) in [6.45, 7) is 3.90. The first-order valence-electron chi connectivity index (χ1n) is 6.13. The molecule has 0 radical (unpaired) electrons. The number of ether oxygens (including phenoxy) is 1. The third-order valence-electron chi connectivity index (χ3n) is 3.16. The van der Waals surface area contributed by atoms with E-state index in [4.69, 9.17) is 10.5 Å². The van der Waals surface area contributed by atoms with Crippen LogP contribution < -0.4 is 5.73 Å². The summed E-state index contributed by atoms with van der Waals surface area (Å²) in [5.41, 5.74) is 6.19. The van der Waals surface area contributed by atoms with Crippen molar-refractivity contribution in [3.8, 4) is 0 Å². The van der Waals surface area contributed by atoms with E-state index in [9.17, 15) is 0 Å². The molecule has 0 saturated carbocycles. The Morgan fingerprint density at radius 2 is 1.86 bits per heavy atom. The van der Waals surface area contributed by atoms with Crippen molar-refractivity contribution >= 4 is 0 Å². The minimum absolute atomic E-state index is 0.0186. The summed E-state index contributed by atoms with van der Waals surface area (Å²) in [6, 6.07) is 0. The Balaban J connectivity index is 1.92. The molecule has 1 saturated heterocycles. The molecule has 14 heavy (non-hydrogen) atoms. The predicted octanol–water partition coefficient (Wildman–Crippen LogP) is 2.85. The number of hydrogen-bond acceptors (Lipinski definition) is 2. The fourth-order valence-corrected chi connectivity index (χ4v) is 2.08. The SMILES string of the molecule is CCCCCCCCC1(N)CCOC1. The van der Waals surface area contributed by atoms with Gasteiger partial charge in [0.1, 0.15) is 0 Å². The second-order valence-electron chi connectivity index (χ2n) is 4.68. The van der Waals surface area contributed by atoms with Crippen molar-refractivity contribution in [2.24, 2.45) is 5.73 Å². The largest absolute Gasteiger partial charge is 0.379 e. The lowest BCUT2D eigenvalue weighted by molar-refractivity contribution is 0.174. The molecule has 0 spiro atoms. The van der Waals surface area contributed by atoms with Crippen LogP contribution in [0.2, 0.25) is 0 Å². The van der Waals surface area contributed by atoms with Gasteiger partial charge in [-0.3, -0.25) is 0 Å². The van der Waals surface area contributed by atoms with Crippen LogP contribution in [0.1, 0.15) is 58.3 Å². The molecule has 1 aliphatic heterocycles. The van der Waals surface area contributed by atoms with Crippen molar-refractivity contribution in [2.45, 2.75) is 63.8 Å². The molecule has 2 nitrogen and oxygen atoms in total. The molecular weight excluding hydrogens is 174 g/mol. The van der Waals surface area contributed by atoms with E-state index in [2.05, 4.69) is 6.92 Å². The number of rotatable bonds is 7. The summed E-state index contributed by atoms with van der Waals surface area (Å²) >= 11 is 0. The van der Waals surface area contributed by atoms with Crippen LogP contribution in [0.3, 0.4) is 0 Å². The van der Waals surface area contributed by atoms with Crippen molar-refractivity contribution in [3.63, 3.8) is 0 Å². The van der Waals surface area contributed by atoms with E-state index in [-0.39, 0.29) is 5.54 Å². The summed E-state index contributed by atoms with van der Waals surface area (Å²) in [4.78, 5) is 0.